The van der Waals surface area contributed by atoms with Crippen LogP contribution in [0.15, 0.2) is 30.3 Å². The molecule has 23 heavy (non-hydrogen) atoms. The zero-order chi connectivity index (χ0) is 16.7. The summed E-state index contributed by atoms with van der Waals surface area (Å²) in [5, 5.41) is 15.3. The lowest BCUT2D eigenvalue weighted by Gasteiger charge is -2.28. The SMILES string of the molecule is CC(CC(=O)N[C@@H](Cc1ccccc1)C(=O)O)C1CCNCC1. The molecule has 1 fully saturated rings. The van der Waals surface area contributed by atoms with E-state index >= 15 is 0 Å². The molecule has 0 aromatic heterocycles. The van der Waals surface area contributed by atoms with Crippen molar-refractivity contribution in [2.24, 2.45) is 11.8 Å². The minimum atomic E-state index is -0.989. The monoisotopic (exact) mass is 318 g/mol. The first-order valence-electron chi connectivity index (χ1n) is 8.33. The van der Waals surface area contributed by atoms with E-state index in [2.05, 4.69) is 17.6 Å². The first-order chi connectivity index (χ1) is 11.1. The van der Waals surface area contributed by atoms with Gasteiger partial charge in [-0.1, -0.05) is 37.3 Å². The van der Waals surface area contributed by atoms with E-state index in [-0.39, 0.29) is 11.8 Å². The maximum Gasteiger partial charge on any atom is 0.326 e. The summed E-state index contributed by atoms with van der Waals surface area (Å²) in [7, 11) is 0. The molecule has 2 atom stereocenters. The first-order valence-corrected chi connectivity index (χ1v) is 8.33. The van der Waals surface area contributed by atoms with Crippen molar-refractivity contribution in [1.82, 2.24) is 10.6 Å². The Labute approximate surface area is 137 Å². The van der Waals surface area contributed by atoms with E-state index in [1.165, 1.54) is 0 Å². The molecule has 0 saturated carbocycles. The Hall–Kier alpha value is -1.88. The molecular weight excluding hydrogens is 292 g/mol. The number of benzene rings is 1. The molecule has 1 aromatic carbocycles. The lowest BCUT2D eigenvalue weighted by Crippen LogP contribution is -2.43. The van der Waals surface area contributed by atoms with Crippen molar-refractivity contribution in [3.63, 3.8) is 0 Å². The predicted octanol–water partition coefficient (Wildman–Crippen LogP) is 1.82. The van der Waals surface area contributed by atoms with Gasteiger partial charge in [0.05, 0.1) is 0 Å². The first kappa shape index (κ1) is 17.5. The molecule has 1 heterocycles. The molecule has 0 radical (unpaired) electrons. The number of amides is 1. The van der Waals surface area contributed by atoms with E-state index in [9.17, 15) is 14.7 Å². The Bertz CT molecular complexity index is 512. The second-order valence-corrected chi connectivity index (χ2v) is 6.42. The van der Waals surface area contributed by atoms with E-state index < -0.39 is 12.0 Å². The third-order valence-electron chi connectivity index (χ3n) is 4.61. The lowest BCUT2D eigenvalue weighted by atomic mass is 9.84. The third kappa shape index (κ3) is 5.67. The summed E-state index contributed by atoms with van der Waals surface area (Å²) >= 11 is 0. The van der Waals surface area contributed by atoms with Gasteiger partial charge in [0, 0.05) is 12.8 Å². The molecule has 1 unspecified atom stereocenters. The number of carboxylic acid groups (broad SMARTS) is 1. The van der Waals surface area contributed by atoms with Crippen LogP contribution in [0.4, 0.5) is 0 Å². The van der Waals surface area contributed by atoms with Crippen LogP contribution in [-0.4, -0.2) is 36.1 Å². The van der Waals surface area contributed by atoms with E-state index in [1.807, 2.05) is 30.3 Å². The van der Waals surface area contributed by atoms with Crippen LogP contribution in [0, 0.1) is 11.8 Å². The van der Waals surface area contributed by atoms with E-state index in [1.54, 1.807) is 0 Å². The molecule has 1 aliphatic rings. The highest BCUT2D eigenvalue weighted by molar-refractivity contribution is 5.83. The van der Waals surface area contributed by atoms with Gasteiger partial charge in [-0.2, -0.15) is 0 Å². The van der Waals surface area contributed by atoms with Gasteiger partial charge in [-0.3, -0.25) is 4.79 Å². The summed E-state index contributed by atoms with van der Waals surface area (Å²) in [5.74, 6) is -0.334. The standard InChI is InChI=1S/C18H26N2O3/c1-13(15-7-9-19-10-8-15)11-17(21)20-16(18(22)23)12-14-5-3-2-4-6-14/h2-6,13,15-16,19H,7-12H2,1H3,(H,20,21)(H,22,23)/t13?,16-/m0/s1. The van der Waals surface area contributed by atoms with Crippen molar-refractivity contribution in [2.75, 3.05) is 13.1 Å². The topological polar surface area (TPSA) is 78.4 Å². The second-order valence-electron chi connectivity index (χ2n) is 6.42. The van der Waals surface area contributed by atoms with Gasteiger partial charge in [0.15, 0.2) is 0 Å². The van der Waals surface area contributed by atoms with Gasteiger partial charge in [0.25, 0.3) is 0 Å². The van der Waals surface area contributed by atoms with E-state index in [4.69, 9.17) is 0 Å². The number of hydrogen-bond donors (Lipinski definition) is 3. The molecule has 0 bridgehead atoms. The number of aliphatic carboxylic acids is 1. The molecule has 1 amide bonds. The summed E-state index contributed by atoms with van der Waals surface area (Å²) < 4.78 is 0. The molecule has 0 spiro atoms. The normalized spacial score (nSPS) is 18.1. The van der Waals surface area contributed by atoms with Crippen molar-refractivity contribution in [3.05, 3.63) is 35.9 Å². The van der Waals surface area contributed by atoms with E-state index in [0.717, 1.165) is 31.5 Å². The van der Waals surface area contributed by atoms with Crippen LogP contribution in [0.25, 0.3) is 0 Å². The number of carboxylic acids is 1. The summed E-state index contributed by atoms with van der Waals surface area (Å²) in [4.78, 5) is 23.6. The maximum atomic E-state index is 12.2. The number of carbonyl (C=O) groups excluding carboxylic acids is 1. The zero-order valence-electron chi connectivity index (χ0n) is 13.6. The van der Waals surface area contributed by atoms with Crippen LogP contribution in [0.1, 0.15) is 31.7 Å². The molecule has 3 N–H and O–H groups in total. The molecule has 126 valence electrons. The molecule has 0 aliphatic carbocycles. The predicted molar refractivity (Wildman–Crippen MR) is 89.1 cm³/mol. The van der Waals surface area contributed by atoms with Crippen molar-refractivity contribution in [3.8, 4) is 0 Å². The van der Waals surface area contributed by atoms with Gasteiger partial charge in [0.1, 0.15) is 6.04 Å². The van der Waals surface area contributed by atoms with Crippen LogP contribution < -0.4 is 10.6 Å². The molecular formula is C18H26N2O3. The Balaban J connectivity index is 1.86. The maximum absolute atomic E-state index is 12.2. The van der Waals surface area contributed by atoms with Crippen LogP contribution in [0.2, 0.25) is 0 Å². The van der Waals surface area contributed by atoms with E-state index in [0.29, 0.717) is 18.8 Å². The molecule has 5 heteroatoms. The third-order valence-corrected chi connectivity index (χ3v) is 4.61. The van der Waals surface area contributed by atoms with Gasteiger partial charge in [0.2, 0.25) is 5.91 Å². The van der Waals surface area contributed by atoms with Crippen LogP contribution in [-0.2, 0) is 16.0 Å². The van der Waals surface area contributed by atoms with Crippen molar-refractivity contribution in [2.45, 2.75) is 38.6 Å². The van der Waals surface area contributed by atoms with Crippen LogP contribution in [0.5, 0.6) is 0 Å². The molecule has 1 saturated heterocycles. The number of hydrogen-bond acceptors (Lipinski definition) is 3. The second kappa shape index (κ2) is 8.67. The van der Waals surface area contributed by atoms with Crippen LogP contribution in [0.3, 0.4) is 0 Å². The fourth-order valence-electron chi connectivity index (χ4n) is 3.18. The fraction of sp³-hybridized carbons (Fsp3) is 0.556. The Morgan fingerprint density at radius 2 is 1.91 bits per heavy atom. The Morgan fingerprint density at radius 1 is 1.26 bits per heavy atom. The van der Waals surface area contributed by atoms with Gasteiger partial charge < -0.3 is 15.7 Å². The highest BCUT2D eigenvalue weighted by atomic mass is 16.4. The van der Waals surface area contributed by atoms with Gasteiger partial charge in [-0.05, 0) is 43.3 Å². The minimum Gasteiger partial charge on any atom is -0.480 e. The lowest BCUT2D eigenvalue weighted by molar-refractivity contribution is -0.142. The van der Waals surface area contributed by atoms with Crippen molar-refractivity contribution >= 4 is 11.9 Å². The Kier molecular flexibility index (Phi) is 6.59. The summed E-state index contributed by atoms with van der Waals surface area (Å²) in [6.07, 6.45) is 2.87. The van der Waals surface area contributed by atoms with Crippen molar-refractivity contribution < 1.29 is 14.7 Å². The number of nitrogens with one attached hydrogen (secondary N) is 2. The molecule has 1 aromatic rings. The van der Waals surface area contributed by atoms with Gasteiger partial charge in [-0.15, -0.1) is 0 Å². The molecule has 1 aliphatic heterocycles. The number of rotatable bonds is 7. The fourth-order valence-corrected chi connectivity index (χ4v) is 3.18. The van der Waals surface area contributed by atoms with Gasteiger partial charge in [-0.25, -0.2) is 4.79 Å². The van der Waals surface area contributed by atoms with Crippen molar-refractivity contribution in [1.29, 1.82) is 0 Å². The summed E-state index contributed by atoms with van der Waals surface area (Å²) in [5.41, 5.74) is 0.909. The smallest absolute Gasteiger partial charge is 0.326 e. The summed E-state index contributed by atoms with van der Waals surface area (Å²) in [6.45, 7) is 4.09. The Morgan fingerprint density at radius 3 is 2.52 bits per heavy atom. The largest absolute Gasteiger partial charge is 0.480 e. The zero-order valence-corrected chi connectivity index (χ0v) is 13.6. The highest BCUT2D eigenvalue weighted by Gasteiger charge is 2.25. The highest BCUT2D eigenvalue weighted by Crippen LogP contribution is 2.24. The number of piperidine rings is 1. The molecule has 5 nitrogen and oxygen atoms in total. The number of carbonyl (C=O) groups is 2. The average molecular weight is 318 g/mol. The van der Waals surface area contributed by atoms with Crippen LogP contribution >= 0.6 is 0 Å². The average Bonchev–Trinajstić information content (AvgIpc) is 2.56. The van der Waals surface area contributed by atoms with Gasteiger partial charge >= 0.3 is 5.97 Å². The summed E-state index contributed by atoms with van der Waals surface area (Å²) in [6, 6.07) is 8.51. The quantitative estimate of drug-likeness (QED) is 0.716. The minimum absolute atomic E-state index is 0.167. The molecule has 2 rings (SSSR count).